The Morgan fingerprint density at radius 3 is 3.11 bits per heavy atom. The molecule has 1 atom stereocenters. The van der Waals surface area contributed by atoms with Crippen LogP contribution in [0.2, 0.25) is 0 Å². The van der Waals surface area contributed by atoms with Gasteiger partial charge in [0.25, 0.3) is 5.56 Å². The van der Waals surface area contributed by atoms with Crippen molar-refractivity contribution >= 4 is 22.6 Å². The average Bonchev–Trinajstić information content (AvgIpc) is 2.91. The lowest BCUT2D eigenvalue weighted by molar-refractivity contribution is 0.111. The monoisotopic (exact) mass is 264 g/mol. The highest BCUT2D eigenvalue weighted by atomic mass is 35.5. The number of fused-ring (bicyclic) bond motifs is 1. The molecule has 3 rings (SSSR count). The lowest BCUT2D eigenvalue weighted by atomic mass is 10.1. The van der Waals surface area contributed by atoms with Crippen LogP contribution < -0.4 is 5.56 Å². The quantitative estimate of drug-likeness (QED) is 0.848. The molecule has 4 nitrogen and oxygen atoms in total. The van der Waals surface area contributed by atoms with Crippen LogP contribution in [0, 0.1) is 0 Å². The molecule has 0 bridgehead atoms. The van der Waals surface area contributed by atoms with Crippen molar-refractivity contribution in [3.05, 3.63) is 39.8 Å². The fourth-order valence-electron chi connectivity index (χ4n) is 2.28. The van der Waals surface area contributed by atoms with Gasteiger partial charge in [-0.25, -0.2) is 0 Å². The molecule has 3 heterocycles. The van der Waals surface area contributed by atoms with E-state index < -0.39 is 0 Å². The second-order valence-electron chi connectivity index (χ2n) is 4.47. The standard InChI is InChI=1S/C13H13ClN2O2/c14-6-8-4-11-10(15-7-8)5-9(13(17)16-11)12-2-1-3-18-12/h4-5,7,12H,1-3,6H2,(H,16,17). The highest BCUT2D eigenvalue weighted by Gasteiger charge is 2.21. The van der Waals surface area contributed by atoms with Crippen LogP contribution in [0.4, 0.5) is 0 Å². The van der Waals surface area contributed by atoms with Gasteiger partial charge in [0.05, 0.1) is 17.1 Å². The number of ether oxygens (including phenoxy) is 1. The van der Waals surface area contributed by atoms with Crippen molar-refractivity contribution in [1.29, 1.82) is 0 Å². The molecule has 0 radical (unpaired) electrons. The molecule has 1 fully saturated rings. The normalized spacial score (nSPS) is 19.5. The van der Waals surface area contributed by atoms with Gasteiger partial charge in [0, 0.05) is 24.2 Å². The highest BCUT2D eigenvalue weighted by molar-refractivity contribution is 6.17. The maximum atomic E-state index is 12.0. The molecule has 0 aliphatic carbocycles. The topological polar surface area (TPSA) is 55.0 Å². The number of nitrogens with zero attached hydrogens (tertiary/aromatic N) is 1. The Morgan fingerprint density at radius 2 is 2.39 bits per heavy atom. The summed E-state index contributed by atoms with van der Waals surface area (Å²) in [7, 11) is 0. The summed E-state index contributed by atoms with van der Waals surface area (Å²) < 4.78 is 5.54. The number of halogens is 1. The largest absolute Gasteiger partial charge is 0.373 e. The van der Waals surface area contributed by atoms with E-state index in [1.165, 1.54) is 0 Å². The predicted octanol–water partition coefficient (Wildman–Crippen LogP) is 2.51. The third-order valence-electron chi connectivity index (χ3n) is 3.21. The SMILES string of the molecule is O=c1[nH]c2cc(CCl)cnc2cc1C1CCCO1. The molecule has 1 aliphatic rings. The number of aromatic nitrogens is 2. The van der Waals surface area contributed by atoms with Crippen LogP contribution in [0.15, 0.2) is 23.1 Å². The fourth-order valence-corrected chi connectivity index (χ4v) is 2.42. The number of nitrogens with one attached hydrogen (secondary N) is 1. The second kappa shape index (κ2) is 4.71. The van der Waals surface area contributed by atoms with Gasteiger partial charge in [-0.2, -0.15) is 0 Å². The summed E-state index contributed by atoms with van der Waals surface area (Å²) in [6.45, 7) is 0.723. The minimum Gasteiger partial charge on any atom is -0.373 e. The van der Waals surface area contributed by atoms with Gasteiger partial charge in [0.1, 0.15) is 0 Å². The third kappa shape index (κ3) is 2.02. The van der Waals surface area contributed by atoms with Crippen molar-refractivity contribution in [2.24, 2.45) is 0 Å². The molecule has 5 heteroatoms. The van der Waals surface area contributed by atoms with Gasteiger partial charge in [-0.05, 0) is 30.5 Å². The first-order chi connectivity index (χ1) is 8.78. The van der Waals surface area contributed by atoms with E-state index in [4.69, 9.17) is 16.3 Å². The predicted molar refractivity (Wildman–Crippen MR) is 69.8 cm³/mol. The first kappa shape index (κ1) is 11.7. The van der Waals surface area contributed by atoms with Gasteiger partial charge in [-0.1, -0.05) is 0 Å². The van der Waals surface area contributed by atoms with Crippen LogP contribution >= 0.6 is 11.6 Å². The van der Waals surface area contributed by atoms with Crippen LogP contribution in [0.1, 0.15) is 30.1 Å². The van der Waals surface area contributed by atoms with Crippen LogP contribution in [0.3, 0.4) is 0 Å². The van der Waals surface area contributed by atoms with Gasteiger partial charge in [0.15, 0.2) is 0 Å². The van der Waals surface area contributed by atoms with Crippen LogP contribution in [-0.2, 0) is 10.6 Å². The maximum Gasteiger partial charge on any atom is 0.254 e. The number of pyridine rings is 2. The number of aromatic amines is 1. The van der Waals surface area contributed by atoms with Crippen molar-refractivity contribution in [2.45, 2.75) is 24.8 Å². The zero-order valence-corrected chi connectivity index (χ0v) is 10.5. The van der Waals surface area contributed by atoms with Crippen LogP contribution in [0.5, 0.6) is 0 Å². The van der Waals surface area contributed by atoms with Gasteiger partial charge >= 0.3 is 0 Å². The Morgan fingerprint density at radius 1 is 1.50 bits per heavy atom. The Labute approximate surface area is 109 Å². The summed E-state index contributed by atoms with van der Waals surface area (Å²) in [5.74, 6) is 0.387. The lowest BCUT2D eigenvalue weighted by Gasteiger charge is -2.09. The van der Waals surface area contributed by atoms with E-state index >= 15 is 0 Å². The van der Waals surface area contributed by atoms with E-state index in [9.17, 15) is 4.79 Å². The Hall–Kier alpha value is -1.39. The summed E-state index contributed by atoms with van der Waals surface area (Å²) in [4.78, 5) is 19.2. The third-order valence-corrected chi connectivity index (χ3v) is 3.52. The molecule has 1 unspecified atom stereocenters. The number of alkyl halides is 1. The molecule has 0 spiro atoms. The molecule has 0 amide bonds. The molecule has 18 heavy (non-hydrogen) atoms. The first-order valence-corrected chi connectivity index (χ1v) is 6.51. The minimum absolute atomic E-state index is 0.0901. The van der Waals surface area contributed by atoms with Gasteiger partial charge in [-0.15, -0.1) is 11.6 Å². The first-order valence-electron chi connectivity index (χ1n) is 5.97. The van der Waals surface area contributed by atoms with E-state index in [1.54, 1.807) is 6.20 Å². The molecule has 1 N–H and O–H groups in total. The molecular formula is C13H13ClN2O2. The van der Waals surface area contributed by atoms with Crippen LogP contribution in [-0.4, -0.2) is 16.6 Å². The van der Waals surface area contributed by atoms with Crippen molar-refractivity contribution in [1.82, 2.24) is 9.97 Å². The van der Waals surface area contributed by atoms with Crippen LogP contribution in [0.25, 0.3) is 11.0 Å². The summed E-state index contributed by atoms with van der Waals surface area (Å²) in [5.41, 5.74) is 2.97. The zero-order chi connectivity index (χ0) is 12.5. The van der Waals surface area contributed by atoms with Crippen molar-refractivity contribution in [3.8, 4) is 0 Å². The Balaban J connectivity index is 2.12. The van der Waals surface area contributed by atoms with Gasteiger partial charge < -0.3 is 9.72 Å². The van der Waals surface area contributed by atoms with E-state index in [0.717, 1.165) is 36.0 Å². The number of H-pyrrole nitrogens is 1. The number of rotatable bonds is 2. The van der Waals surface area contributed by atoms with Crippen molar-refractivity contribution < 1.29 is 4.74 Å². The Bertz CT molecular complexity index is 632. The van der Waals surface area contributed by atoms with Crippen molar-refractivity contribution in [3.63, 3.8) is 0 Å². The van der Waals surface area contributed by atoms with E-state index in [1.807, 2.05) is 12.1 Å². The number of hydrogen-bond acceptors (Lipinski definition) is 3. The van der Waals surface area contributed by atoms with Gasteiger partial charge in [0.2, 0.25) is 0 Å². The maximum absolute atomic E-state index is 12.0. The molecule has 1 aliphatic heterocycles. The average molecular weight is 265 g/mol. The summed E-state index contributed by atoms with van der Waals surface area (Å²) in [6.07, 6.45) is 3.54. The lowest BCUT2D eigenvalue weighted by Crippen LogP contribution is -2.16. The molecule has 1 saturated heterocycles. The molecule has 0 saturated carbocycles. The smallest absolute Gasteiger partial charge is 0.254 e. The van der Waals surface area contributed by atoms with E-state index in [-0.39, 0.29) is 11.7 Å². The highest BCUT2D eigenvalue weighted by Crippen LogP contribution is 2.27. The molecule has 2 aromatic heterocycles. The minimum atomic E-state index is -0.0945. The van der Waals surface area contributed by atoms with E-state index in [2.05, 4.69) is 9.97 Å². The zero-order valence-electron chi connectivity index (χ0n) is 9.78. The van der Waals surface area contributed by atoms with Gasteiger partial charge in [-0.3, -0.25) is 9.78 Å². The summed E-state index contributed by atoms with van der Waals surface area (Å²) in [5, 5.41) is 0. The van der Waals surface area contributed by atoms with Crippen molar-refractivity contribution in [2.75, 3.05) is 6.61 Å². The summed E-state index contributed by atoms with van der Waals surface area (Å²) >= 11 is 5.75. The molecule has 94 valence electrons. The Kier molecular flexibility index (Phi) is 3.06. The summed E-state index contributed by atoms with van der Waals surface area (Å²) in [6, 6.07) is 3.68. The molecule has 0 aromatic carbocycles. The molecular weight excluding hydrogens is 252 g/mol. The van der Waals surface area contributed by atoms with E-state index in [0.29, 0.717) is 11.4 Å². The number of hydrogen-bond donors (Lipinski definition) is 1. The molecule has 2 aromatic rings. The fraction of sp³-hybridized carbons (Fsp3) is 0.385. The second-order valence-corrected chi connectivity index (χ2v) is 4.73.